The van der Waals surface area contributed by atoms with E-state index in [0.29, 0.717) is 23.7 Å². The molecule has 1 heterocycles. The molecule has 1 N–H and O–H groups in total. The van der Waals surface area contributed by atoms with Crippen molar-refractivity contribution in [1.29, 1.82) is 0 Å². The molecule has 0 atom stereocenters. The van der Waals surface area contributed by atoms with Gasteiger partial charge >= 0.3 is 11.9 Å². The van der Waals surface area contributed by atoms with E-state index in [-0.39, 0.29) is 5.69 Å². The molecule has 0 aliphatic carbocycles. The maximum atomic E-state index is 12.7. The van der Waals surface area contributed by atoms with Gasteiger partial charge in [-0.15, -0.1) is 0 Å². The standard InChI is InChI=1S/C16H15F3N2O3/c1-3-24-12-7-5-10(8-13(12)23-2)4-6-11-9-14(16(17,18)19)21-15(22)20-11/h4-9H,3H2,1-2H3,(H,20,21,22)/b6-4+. The van der Waals surface area contributed by atoms with E-state index in [0.717, 1.165) is 6.07 Å². The Morgan fingerprint density at radius 1 is 1.21 bits per heavy atom. The zero-order valence-corrected chi connectivity index (χ0v) is 13.0. The van der Waals surface area contributed by atoms with Crippen LogP contribution < -0.4 is 15.2 Å². The van der Waals surface area contributed by atoms with Crippen LogP contribution >= 0.6 is 0 Å². The summed E-state index contributed by atoms with van der Waals surface area (Å²) in [7, 11) is 1.49. The van der Waals surface area contributed by atoms with Crippen molar-refractivity contribution in [2.24, 2.45) is 0 Å². The Bertz CT molecular complexity index is 798. The molecule has 1 aromatic carbocycles. The van der Waals surface area contributed by atoms with Crippen molar-refractivity contribution >= 4 is 12.2 Å². The van der Waals surface area contributed by atoms with Gasteiger partial charge in [0.25, 0.3) is 0 Å². The molecule has 0 aliphatic heterocycles. The first-order valence-electron chi connectivity index (χ1n) is 7.01. The number of halogens is 3. The van der Waals surface area contributed by atoms with E-state index in [2.05, 4.69) is 4.98 Å². The second-order valence-electron chi connectivity index (χ2n) is 4.70. The van der Waals surface area contributed by atoms with Gasteiger partial charge in [0.15, 0.2) is 11.5 Å². The van der Waals surface area contributed by atoms with Crippen LogP contribution in [0.3, 0.4) is 0 Å². The normalized spacial score (nSPS) is 11.7. The minimum atomic E-state index is -4.65. The Kier molecular flexibility index (Phi) is 5.28. The molecule has 0 unspecified atom stereocenters. The molecular weight excluding hydrogens is 325 g/mol. The van der Waals surface area contributed by atoms with Crippen molar-refractivity contribution in [1.82, 2.24) is 9.97 Å². The highest BCUT2D eigenvalue weighted by atomic mass is 19.4. The number of aromatic nitrogens is 2. The zero-order chi connectivity index (χ0) is 17.7. The maximum Gasteiger partial charge on any atom is 0.431 e. The average Bonchev–Trinajstić information content (AvgIpc) is 2.53. The fourth-order valence-electron chi connectivity index (χ4n) is 1.96. The van der Waals surface area contributed by atoms with Gasteiger partial charge in [0.05, 0.1) is 19.4 Å². The van der Waals surface area contributed by atoms with Gasteiger partial charge in [0.2, 0.25) is 0 Å². The van der Waals surface area contributed by atoms with Gasteiger partial charge in [0, 0.05) is 0 Å². The highest BCUT2D eigenvalue weighted by Crippen LogP contribution is 2.29. The van der Waals surface area contributed by atoms with Crippen molar-refractivity contribution in [3.05, 3.63) is 51.7 Å². The first kappa shape index (κ1) is 17.6. The molecule has 8 heteroatoms. The maximum absolute atomic E-state index is 12.7. The van der Waals surface area contributed by atoms with Gasteiger partial charge in [-0.1, -0.05) is 12.1 Å². The minimum absolute atomic E-state index is 0.0982. The summed E-state index contributed by atoms with van der Waals surface area (Å²) >= 11 is 0. The van der Waals surface area contributed by atoms with Crippen LogP contribution in [0.4, 0.5) is 13.2 Å². The summed E-state index contributed by atoms with van der Waals surface area (Å²) in [6, 6.07) is 5.83. The molecule has 0 fully saturated rings. The summed E-state index contributed by atoms with van der Waals surface area (Å²) in [5.74, 6) is 1.06. The van der Waals surface area contributed by atoms with Gasteiger partial charge in [-0.05, 0) is 36.8 Å². The number of nitrogens with zero attached hydrogens (tertiary/aromatic N) is 1. The lowest BCUT2D eigenvalue weighted by atomic mass is 10.1. The molecule has 0 aliphatic rings. The third-order valence-electron chi connectivity index (χ3n) is 3.00. The topological polar surface area (TPSA) is 64.2 Å². The molecule has 0 bridgehead atoms. The summed E-state index contributed by atoms with van der Waals surface area (Å²) < 4.78 is 48.6. The van der Waals surface area contributed by atoms with Crippen LogP contribution in [0.25, 0.3) is 12.2 Å². The number of benzene rings is 1. The Hall–Kier alpha value is -2.77. The van der Waals surface area contributed by atoms with Crippen molar-refractivity contribution in [2.75, 3.05) is 13.7 Å². The summed E-state index contributed by atoms with van der Waals surface area (Å²) in [5, 5.41) is 0. The van der Waals surface area contributed by atoms with Crippen LogP contribution in [0.2, 0.25) is 0 Å². The Labute approximate surface area is 135 Å². The van der Waals surface area contributed by atoms with Gasteiger partial charge in [-0.25, -0.2) is 4.79 Å². The lowest BCUT2D eigenvalue weighted by Gasteiger charge is -2.09. The predicted molar refractivity (Wildman–Crippen MR) is 83.0 cm³/mol. The number of alkyl halides is 3. The van der Waals surface area contributed by atoms with E-state index in [1.807, 2.05) is 6.92 Å². The second-order valence-corrected chi connectivity index (χ2v) is 4.70. The van der Waals surface area contributed by atoms with E-state index in [9.17, 15) is 18.0 Å². The first-order valence-corrected chi connectivity index (χ1v) is 7.01. The molecule has 128 valence electrons. The number of H-pyrrole nitrogens is 1. The highest BCUT2D eigenvalue weighted by Gasteiger charge is 2.32. The fraction of sp³-hybridized carbons (Fsp3) is 0.250. The van der Waals surface area contributed by atoms with Gasteiger partial charge < -0.3 is 14.5 Å². The molecule has 0 saturated heterocycles. The van der Waals surface area contributed by atoms with Gasteiger partial charge in [0.1, 0.15) is 5.69 Å². The average molecular weight is 340 g/mol. The lowest BCUT2D eigenvalue weighted by Crippen LogP contribution is -2.19. The Balaban J connectivity index is 2.31. The van der Waals surface area contributed by atoms with Crippen molar-refractivity contribution in [3.8, 4) is 11.5 Å². The number of ether oxygens (including phenoxy) is 2. The third kappa shape index (κ3) is 4.37. The number of hydrogen-bond donors (Lipinski definition) is 1. The lowest BCUT2D eigenvalue weighted by molar-refractivity contribution is -0.141. The predicted octanol–water partition coefficient (Wildman–Crippen LogP) is 3.37. The Morgan fingerprint density at radius 2 is 1.96 bits per heavy atom. The quantitative estimate of drug-likeness (QED) is 0.906. The number of methoxy groups -OCH3 is 1. The van der Waals surface area contributed by atoms with Crippen LogP contribution in [-0.4, -0.2) is 23.7 Å². The van der Waals surface area contributed by atoms with Crippen LogP contribution in [0.1, 0.15) is 23.9 Å². The fourth-order valence-corrected chi connectivity index (χ4v) is 1.96. The van der Waals surface area contributed by atoms with Crippen LogP contribution in [0.5, 0.6) is 11.5 Å². The van der Waals surface area contributed by atoms with E-state index in [1.54, 1.807) is 23.2 Å². The van der Waals surface area contributed by atoms with E-state index < -0.39 is 17.6 Å². The van der Waals surface area contributed by atoms with Crippen molar-refractivity contribution < 1.29 is 22.6 Å². The summed E-state index contributed by atoms with van der Waals surface area (Å²) in [4.78, 5) is 16.4. The van der Waals surface area contributed by atoms with Crippen molar-refractivity contribution in [3.63, 3.8) is 0 Å². The summed E-state index contributed by atoms with van der Waals surface area (Å²) in [6.45, 7) is 2.31. The number of rotatable bonds is 5. The summed E-state index contributed by atoms with van der Waals surface area (Å²) in [6.07, 6.45) is -1.80. The van der Waals surface area contributed by atoms with Crippen LogP contribution in [0.15, 0.2) is 29.1 Å². The first-order chi connectivity index (χ1) is 11.3. The van der Waals surface area contributed by atoms with Crippen LogP contribution in [0, 0.1) is 0 Å². The number of nitrogens with one attached hydrogen (secondary N) is 1. The molecule has 1 aromatic heterocycles. The van der Waals surface area contributed by atoms with E-state index in [1.165, 1.54) is 19.3 Å². The number of hydrogen-bond acceptors (Lipinski definition) is 4. The smallest absolute Gasteiger partial charge is 0.431 e. The molecule has 2 aromatic rings. The second kappa shape index (κ2) is 7.20. The number of aromatic amines is 1. The molecule has 0 spiro atoms. The molecule has 0 saturated carbocycles. The SMILES string of the molecule is CCOc1ccc(/C=C/c2cc(C(F)(F)F)[nH]c(=O)n2)cc1OC. The van der Waals surface area contributed by atoms with Gasteiger partial charge in [-0.2, -0.15) is 18.2 Å². The van der Waals surface area contributed by atoms with Crippen molar-refractivity contribution in [2.45, 2.75) is 13.1 Å². The largest absolute Gasteiger partial charge is 0.493 e. The molecule has 0 radical (unpaired) electrons. The minimum Gasteiger partial charge on any atom is -0.493 e. The molecule has 24 heavy (non-hydrogen) atoms. The van der Waals surface area contributed by atoms with E-state index in [4.69, 9.17) is 9.47 Å². The van der Waals surface area contributed by atoms with Crippen LogP contribution in [-0.2, 0) is 6.18 Å². The highest BCUT2D eigenvalue weighted by molar-refractivity contribution is 5.69. The van der Waals surface area contributed by atoms with Gasteiger partial charge in [-0.3, -0.25) is 0 Å². The molecule has 0 amide bonds. The molecule has 5 nitrogen and oxygen atoms in total. The molecule has 2 rings (SSSR count). The third-order valence-corrected chi connectivity index (χ3v) is 3.00. The summed E-state index contributed by atoms with van der Waals surface area (Å²) in [5.41, 5.74) is -1.65. The zero-order valence-electron chi connectivity index (χ0n) is 13.0. The Morgan fingerprint density at radius 3 is 2.58 bits per heavy atom. The molecular formula is C16H15F3N2O3. The van der Waals surface area contributed by atoms with E-state index >= 15 is 0 Å². The monoisotopic (exact) mass is 340 g/mol.